The number of nitrogens with one attached hydrogen (secondary N) is 1. The molecule has 2 amide bonds. The highest BCUT2D eigenvalue weighted by Gasteiger charge is 2.23. The number of pyridine rings is 1. The average molecular weight is 412 g/mol. The van der Waals surface area contributed by atoms with Crippen molar-refractivity contribution in [2.45, 2.75) is 0 Å². The van der Waals surface area contributed by atoms with Crippen molar-refractivity contribution in [3.05, 3.63) is 53.7 Å². The van der Waals surface area contributed by atoms with Crippen molar-refractivity contribution in [1.29, 1.82) is 0 Å². The summed E-state index contributed by atoms with van der Waals surface area (Å²) in [7, 11) is 2.78. The minimum atomic E-state index is -0.431. The van der Waals surface area contributed by atoms with Crippen LogP contribution >= 0.6 is 0 Å². The molecule has 2 aromatic rings. The lowest BCUT2D eigenvalue weighted by atomic mass is 10.1. The standard InChI is InChI=1S/C21H24N4O5/c1-29-14-19(26)23-17-7-8-18(22-13-17)24-9-11-25(12-10-24)20(27)15-3-5-16(6-4-15)21(28)30-2/h3-8,13H,9-12,14H2,1-2H3,(H,23,26). The van der Waals surface area contributed by atoms with Crippen LogP contribution in [0.25, 0.3) is 0 Å². The smallest absolute Gasteiger partial charge is 0.337 e. The number of hydrogen-bond donors (Lipinski definition) is 1. The summed E-state index contributed by atoms with van der Waals surface area (Å²) < 4.78 is 9.46. The zero-order chi connectivity index (χ0) is 21.5. The van der Waals surface area contributed by atoms with Crippen LogP contribution in [-0.2, 0) is 14.3 Å². The van der Waals surface area contributed by atoms with Crippen LogP contribution in [0.5, 0.6) is 0 Å². The van der Waals surface area contributed by atoms with Gasteiger partial charge in [0.25, 0.3) is 5.91 Å². The number of amides is 2. The molecular formula is C21H24N4O5. The maximum absolute atomic E-state index is 12.7. The first kappa shape index (κ1) is 21.3. The van der Waals surface area contributed by atoms with Crippen molar-refractivity contribution in [3.8, 4) is 0 Å². The molecule has 1 aliphatic rings. The molecule has 0 bridgehead atoms. The summed E-state index contributed by atoms with van der Waals surface area (Å²) >= 11 is 0. The van der Waals surface area contributed by atoms with Crippen molar-refractivity contribution in [1.82, 2.24) is 9.88 Å². The minimum absolute atomic E-state index is 0.0108. The first-order valence-electron chi connectivity index (χ1n) is 9.49. The maximum atomic E-state index is 12.7. The van der Waals surface area contributed by atoms with E-state index in [1.165, 1.54) is 14.2 Å². The van der Waals surface area contributed by atoms with Crippen LogP contribution < -0.4 is 10.2 Å². The van der Waals surface area contributed by atoms with Crippen LogP contribution in [0.15, 0.2) is 42.6 Å². The second-order valence-electron chi connectivity index (χ2n) is 6.73. The third-order valence-electron chi connectivity index (χ3n) is 4.75. The molecule has 3 rings (SSSR count). The topological polar surface area (TPSA) is 101 Å². The lowest BCUT2D eigenvalue weighted by molar-refractivity contribution is -0.119. The third kappa shape index (κ3) is 5.12. The largest absolute Gasteiger partial charge is 0.465 e. The van der Waals surface area contributed by atoms with Gasteiger partial charge in [-0.25, -0.2) is 9.78 Å². The minimum Gasteiger partial charge on any atom is -0.465 e. The van der Waals surface area contributed by atoms with E-state index in [0.29, 0.717) is 43.0 Å². The average Bonchev–Trinajstić information content (AvgIpc) is 2.79. The Morgan fingerprint density at radius 2 is 1.63 bits per heavy atom. The van der Waals surface area contributed by atoms with Gasteiger partial charge >= 0.3 is 5.97 Å². The van der Waals surface area contributed by atoms with Gasteiger partial charge in [0.15, 0.2) is 0 Å². The molecule has 1 aromatic carbocycles. The number of carbonyl (C=O) groups is 3. The monoisotopic (exact) mass is 412 g/mol. The van der Waals surface area contributed by atoms with Crippen LogP contribution in [0.3, 0.4) is 0 Å². The Kier molecular flexibility index (Phi) is 6.97. The Morgan fingerprint density at radius 1 is 0.967 bits per heavy atom. The Hall–Kier alpha value is -3.46. The molecule has 9 nitrogen and oxygen atoms in total. The summed E-state index contributed by atoms with van der Waals surface area (Å²) in [4.78, 5) is 44.1. The molecule has 0 radical (unpaired) electrons. The number of nitrogens with zero attached hydrogens (tertiary/aromatic N) is 3. The Labute approximate surface area is 174 Å². The summed E-state index contributed by atoms with van der Waals surface area (Å²) in [6.07, 6.45) is 1.60. The highest BCUT2D eigenvalue weighted by Crippen LogP contribution is 2.17. The molecule has 1 fully saturated rings. The number of methoxy groups -OCH3 is 2. The molecule has 0 unspecified atom stereocenters. The van der Waals surface area contributed by atoms with E-state index < -0.39 is 5.97 Å². The van der Waals surface area contributed by atoms with E-state index in [9.17, 15) is 14.4 Å². The predicted molar refractivity (Wildman–Crippen MR) is 111 cm³/mol. The SMILES string of the molecule is COCC(=O)Nc1ccc(N2CCN(C(=O)c3ccc(C(=O)OC)cc3)CC2)nc1. The molecule has 0 spiro atoms. The summed E-state index contributed by atoms with van der Waals surface area (Å²) in [5.41, 5.74) is 1.54. The fourth-order valence-corrected chi connectivity index (χ4v) is 3.16. The van der Waals surface area contributed by atoms with Gasteiger partial charge in [0, 0.05) is 38.9 Å². The first-order valence-corrected chi connectivity index (χ1v) is 9.49. The van der Waals surface area contributed by atoms with Gasteiger partial charge < -0.3 is 24.6 Å². The normalized spacial score (nSPS) is 13.7. The maximum Gasteiger partial charge on any atom is 0.337 e. The number of benzene rings is 1. The molecule has 0 aliphatic carbocycles. The Balaban J connectivity index is 1.54. The summed E-state index contributed by atoms with van der Waals surface area (Å²) in [6.45, 7) is 2.41. The molecule has 0 atom stereocenters. The fourth-order valence-electron chi connectivity index (χ4n) is 3.16. The van der Waals surface area contributed by atoms with Crippen molar-refractivity contribution in [2.24, 2.45) is 0 Å². The second kappa shape index (κ2) is 9.84. The highest BCUT2D eigenvalue weighted by molar-refractivity contribution is 5.96. The van der Waals surface area contributed by atoms with Crippen LogP contribution in [-0.4, -0.2) is 74.7 Å². The van der Waals surface area contributed by atoms with E-state index in [4.69, 9.17) is 4.74 Å². The van der Waals surface area contributed by atoms with Gasteiger partial charge in [-0.3, -0.25) is 9.59 Å². The Morgan fingerprint density at radius 3 is 2.20 bits per heavy atom. The molecule has 30 heavy (non-hydrogen) atoms. The van der Waals surface area contributed by atoms with Gasteiger partial charge in [0.1, 0.15) is 12.4 Å². The molecule has 9 heteroatoms. The quantitative estimate of drug-likeness (QED) is 0.716. The third-order valence-corrected chi connectivity index (χ3v) is 4.75. The fraction of sp³-hybridized carbons (Fsp3) is 0.333. The lowest BCUT2D eigenvalue weighted by Gasteiger charge is -2.35. The van der Waals surface area contributed by atoms with E-state index in [1.54, 1.807) is 41.4 Å². The summed E-state index contributed by atoms with van der Waals surface area (Å²) in [5.74, 6) is 0.0442. The number of rotatable bonds is 6. The number of hydrogen-bond acceptors (Lipinski definition) is 7. The van der Waals surface area contributed by atoms with Gasteiger partial charge in [-0.05, 0) is 36.4 Å². The molecule has 2 heterocycles. The second-order valence-corrected chi connectivity index (χ2v) is 6.73. The lowest BCUT2D eigenvalue weighted by Crippen LogP contribution is -2.49. The molecule has 1 aromatic heterocycles. The number of ether oxygens (including phenoxy) is 2. The van der Waals surface area contributed by atoms with Gasteiger partial charge in [-0.2, -0.15) is 0 Å². The van der Waals surface area contributed by atoms with Crippen molar-refractivity contribution < 1.29 is 23.9 Å². The number of anilines is 2. The zero-order valence-corrected chi connectivity index (χ0v) is 17.0. The van der Waals surface area contributed by atoms with Gasteiger partial charge in [-0.1, -0.05) is 0 Å². The van der Waals surface area contributed by atoms with Crippen molar-refractivity contribution in [2.75, 3.05) is 57.2 Å². The first-order chi connectivity index (χ1) is 14.5. The van der Waals surface area contributed by atoms with E-state index >= 15 is 0 Å². The summed E-state index contributed by atoms with van der Waals surface area (Å²) in [5, 5.41) is 2.70. The van der Waals surface area contributed by atoms with Crippen LogP contribution in [0.4, 0.5) is 11.5 Å². The van der Waals surface area contributed by atoms with E-state index in [0.717, 1.165) is 5.82 Å². The number of piperazine rings is 1. The molecule has 1 N–H and O–H groups in total. The van der Waals surface area contributed by atoms with E-state index in [1.807, 2.05) is 6.07 Å². The predicted octanol–water partition coefficient (Wildman–Crippen LogP) is 1.42. The Bertz CT molecular complexity index is 891. The van der Waals surface area contributed by atoms with Gasteiger partial charge in [0.05, 0.1) is 24.6 Å². The van der Waals surface area contributed by atoms with Crippen LogP contribution in [0.1, 0.15) is 20.7 Å². The molecular weight excluding hydrogens is 388 g/mol. The van der Waals surface area contributed by atoms with Crippen LogP contribution in [0.2, 0.25) is 0 Å². The molecule has 158 valence electrons. The number of carbonyl (C=O) groups excluding carboxylic acids is 3. The van der Waals surface area contributed by atoms with Gasteiger partial charge in [0.2, 0.25) is 5.91 Å². The zero-order valence-electron chi connectivity index (χ0n) is 17.0. The molecule has 1 saturated heterocycles. The summed E-state index contributed by atoms with van der Waals surface area (Å²) in [6, 6.07) is 10.1. The molecule has 0 saturated carbocycles. The number of aromatic nitrogens is 1. The van der Waals surface area contributed by atoms with Crippen molar-refractivity contribution in [3.63, 3.8) is 0 Å². The van der Waals surface area contributed by atoms with Gasteiger partial charge in [-0.15, -0.1) is 0 Å². The van der Waals surface area contributed by atoms with Crippen LogP contribution in [0, 0.1) is 0 Å². The van der Waals surface area contributed by atoms with E-state index in [2.05, 4.69) is 19.9 Å². The van der Waals surface area contributed by atoms with Crippen molar-refractivity contribution >= 4 is 29.3 Å². The number of esters is 1. The molecule has 1 aliphatic heterocycles. The van der Waals surface area contributed by atoms with E-state index in [-0.39, 0.29) is 18.4 Å². The highest BCUT2D eigenvalue weighted by atomic mass is 16.5.